The molecule has 0 atom stereocenters. The molecule has 0 bridgehead atoms. The topological polar surface area (TPSA) is 9.23 Å². The lowest BCUT2D eigenvalue weighted by Gasteiger charge is -2.35. The van der Waals surface area contributed by atoms with Crippen LogP contribution in [0.4, 0.5) is 0 Å². The van der Waals surface area contributed by atoms with Crippen molar-refractivity contribution in [3.63, 3.8) is 0 Å². The molecule has 2 radical (unpaired) electrons. The first-order valence-electron chi connectivity index (χ1n) is 6.96. The van der Waals surface area contributed by atoms with Gasteiger partial charge in [0.2, 0.25) is 9.76 Å². The molecule has 0 aromatic heterocycles. The molecule has 0 heterocycles. The van der Waals surface area contributed by atoms with Gasteiger partial charge in [-0.05, 0) is 37.6 Å². The van der Waals surface area contributed by atoms with Crippen molar-refractivity contribution in [3.8, 4) is 0 Å². The fourth-order valence-corrected chi connectivity index (χ4v) is 3.37. The minimum Gasteiger partial charge on any atom is -0.407 e. The first-order chi connectivity index (χ1) is 9.89. The Labute approximate surface area is 139 Å². The maximum atomic E-state index is 6.34. The first kappa shape index (κ1) is 18.1. The van der Waals surface area contributed by atoms with Gasteiger partial charge in [-0.15, -0.1) is 19.7 Å². The van der Waals surface area contributed by atoms with Gasteiger partial charge in [0.05, 0.1) is 5.60 Å². The minimum absolute atomic E-state index is 0.375. The monoisotopic (exact) mass is 362 g/mol. The Morgan fingerprint density at radius 1 is 1.19 bits per heavy atom. The SMILES string of the molecule is C=CC[Si]OC(CC(=C)C)(CC(=C)C)c1ccc(Br)cc1. The third-order valence-electron chi connectivity index (χ3n) is 3.04. The van der Waals surface area contributed by atoms with Gasteiger partial charge in [0.15, 0.2) is 0 Å². The Bertz CT molecular complexity index is 488. The summed E-state index contributed by atoms with van der Waals surface area (Å²) in [5.41, 5.74) is 3.03. The van der Waals surface area contributed by atoms with Gasteiger partial charge < -0.3 is 4.43 Å². The first-order valence-corrected chi connectivity index (χ1v) is 8.87. The summed E-state index contributed by atoms with van der Waals surface area (Å²) in [7, 11) is 0.393. The van der Waals surface area contributed by atoms with E-state index in [1.807, 2.05) is 19.9 Å². The van der Waals surface area contributed by atoms with E-state index in [1.165, 1.54) is 5.56 Å². The molecule has 0 N–H and O–H groups in total. The van der Waals surface area contributed by atoms with Crippen molar-refractivity contribution in [1.29, 1.82) is 0 Å². The van der Waals surface area contributed by atoms with Crippen LogP contribution >= 0.6 is 15.9 Å². The summed E-state index contributed by atoms with van der Waals surface area (Å²) in [6.45, 7) is 16.0. The molecule has 0 saturated heterocycles. The Balaban J connectivity index is 3.19. The number of hydrogen-bond acceptors (Lipinski definition) is 1. The smallest absolute Gasteiger partial charge is 0.235 e. The van der Waals surface area contributed by atoms with E-state index in [0.717, 1.165) is 34.5 Å². The molecule has 21 heavy (non-hydrogen) atoms. The van der Waals surface area contributed by atoms with Gasteiger partial charge in [-0.2, -0.15) is 0 Å². The van der Waals surface area contributed by atoms with E-state index in [4.69, 9.17) is 4.43 Å². The van der Waals surface area contributed by atoms with E-state index in [0.29, 0.717) is 9.76 Å². The highest BCUT2D eigenvalue weighted by molar-refractivity contribution is 9.10. The zero-order valence-electron chi connectivity index (χ0n) is 12.9. The van der Waals surface area contributed by atoms with E-state index in [2.05, 4.69) is 59.9 Å². The quantitative estimate of drug-likeness (QED) is 0.305. The van der Waals surface area contributed by atoms with E-state index in [1.54, 1.807) is 0 Å². The van der Waals surface area contributed by atoms with Gasteiger partial charge in [0.25, 0.3) is 0 Å². The molecule has 1 nitrogen and oxygen atoms in total. The Hall–Kier alpha value is -0.903. The molecule has 3 heteroatoms. The lowest BCUT2D eigenvalue weighted by atomic mass is 9.83. The molecule has 0 unspecified atom stereocenters. The van der Waals surface area contributed by atoms with Crippen molar-refractivity contribution >= 4 is 25.7 Å². The van der Waals surface area contributed by atoms with Crippen LogP contribution in [0.5, 0.6) is 0 Å². The summed E-state index contributed by atoms with van der Waals surface area (Å²) in [5.74, 6) is 0. The van der Waals surface area contributed by atoms with Gasteiger partial charge in [-0.1, -0.05) is 45.3 Å². The Morgan fingerprint density at radius 2 is 1.71 bits per heavy atom. The summed E-state index contributed by atoms with van der Waals surface area (Å²) in [6.07, 6.45) is 3.49. The molecule has 1 rings (SSSR count). The second-order valence-corrected chi connectivity index (χ2v) is 7.32. The molecular weight excluding hydrogens is 340 g/mol. The number of hydrogen-bond donors (Lipinski definition) is 0. The lowest BCUT2D eigenvalue weighted by Crippen LogP contribution is -2.32. The fraction of sp³-hybridized carbons (Fsp3) is 0.333. The highest BCUT2D eigenvalue weighted by atomic mass is 79.9. The van der Waals surface area contributed by atoms with Crippen molar-refractivity contribution in [2.75, 3.05) is 0 Å². The summed E-state index contributed by atoms with van der Waals surface area (Å²) in [4.78, 5) is 0. The molecule has 0 aliphatic carbocycles. The predicted octanol–water partition coefficient (Wildman–Crippen LogP) is 5.82. The number of rotatable bonds is 9. The maximum absolute atomic E-state index is 6.34. The molecule has 0 saturated carbocycles. The summed E-state index contributed by atoms with van der Waals surface area (Å²) in [6, 6.07) is 9.22. The average Bonchev–Trinajstić information content (AvgIpc) is 2.38. The van der Waals surface area contributed by atoms with Crippen LogP contribution in [0.1, 0.15) is 32.3 Å². The van der Waals surface area contributed by atoms with Crippen molar-refractivity contribution < 1.29 is 4.43 Å². The third kappa shape index (κ3) is 5.77. The molecule has 112 valence electrons. The molecule has 0 fully saturated rings. The van der Waals surface area contributed by atoms with Crippen LogP contribution in [0.3, 0.4) is 0 Å². The normalized spacial score (nSPS) is 11.2. The van der Waals surface area contributed by atoms with Crippen LogP contribution in [0.15, 0.2) is 65.7 Å². The van der Waals surface area contributed by atoms with Crippen molar-refractivity contribution in [2.45, 2.75) is 38.3 Å². The highest BCUT2D eigenvalue weighted by Gasteiger charge is 2.33. The molecule has 0 spiro atoms. The third-order valence-corrected chi connectivity index (χ3v) is 4.56. The summed E-state index contributed by atoms with van der Waals surface area (Å²) < 4.78 is 7.41. The van der Waals surface area contributed by atoms with Crippen LogP contribution in [0, 0.1) is 0 Å². The second kappa shape index (κ2) is 8.52. The van der Waals surface area contributed by atoms with Gasteiger partial charge in [-0.25, -0.2) is 0 Å². The highest BCUT2D eigenvalue weighted by Crippen LogP contribution is 2.38. The molecule has 1 aromatic carbocycles. The number of benzene rings is 1. The fourth-order valence-electron chi connectivity index (χ4n) is 2.37. The Kier molecular flexibility index (Phi) is 7.36. The molecule has 0 aliphatic heterocycles. The zero-order chi connectivity index (χ0) is 15.9. The maximum Gasteiger partial charge on any atom is 0.235 e. The standard InChI is InChI=1S/C18H23BrOSi/c1-6-11-21-20-18(12-14(2)3,13-15(4)5)16-7-9-17(19)10-8-16/h6-10H,1-2,4,11-13H2,3,5H3. The van der Waals surface area contributed by atoms with E-state index in [-0.39, 0.29) is 5.60 Å². The van der Waals surface area contributed by atoms with Gasteiger partial charge in [-0.3, -0.25) is 0 Å². The lowest BCUT2D eigenvalue weighted by molar-refractivity contribution is 0.0718. The van der Waals surface area contributed by atoms with Gasteiger partial charge >= 0.3 is 0 Å². The van der Waals surface area contributed by atoms with Crippen LogP contribution < -0.4 is 0 Å². The van der Waals surface area contributed by atoms with E-state index in [9.17, 15) is 0 Å². The zero-order valence-corrected chi connectivity index (χ0v) is 15.5. The largest absolute Gasteiger partial charge is 0.407 e. The van der Waals surface area contributed by atoms with Crippen LogP contribution in [-0.2, 0) is 10.0 Å². The second-order valence-electron chi connectivity index (χ2n) is 5.51. The van der Waals surface area contributed by atoms with Crippen LogP contribution in [0.2, 0.25) is 6.04 Å². The predicted molar refractivity (Wildman–Crippen MR) is 96.5 cm³/mol. The van der Waals surface area contributed by atoms with Crippen molar-refractivity contribution in [2.24, 2.45) is 0 Å². The average molecular weight is 363 g/mol. The molecule has 0 amide bonds. The molecular formula is C18H23BrOSi. The Morgan fingerprint density at radius 3 is 2.14 bits per heavy atom. The van der Waals surface area contributed by atoms with Crippen molar-refractivity contribution in [3.05, 3.63) is 71.3 Å². The molecule has 0 aliphatic rings. The summed E-state index contributed by atoms with van der Waals surface area (Å²) >= 11 is 3.49. The van der Waals surface area contributed by atoms with Crippen LogP contribution in [0.25, 0.3) is 0 Å². The van der Waals surface area contributed by atoms with Gasteiger partial charge in [0, 0.05) is 17.3 Å². The molecule has 1 aromatic rings. The van der Waals surface area contributed by atoms with Crippen LogP contribution in [-0.4, -0.2) is 9.76 Å². The number of allylic oxidation sites excluding steroid dienone is 1. The van der Waals surface area contributed by atoms with Gasteiger partial charge in [0.1, 0.15) is 0 Å². The van der Waals surface area contributed by atoms with E-state index >= 15 is 0 Å². The minimum atomic E-state index is -0.375. The number of halogens is 1. The summed E-state index contributed by atoms with van der Waals surface area (Å²) in [5, 5.41) is 0. The van der Waals surface area contributed by atoms with E-state index < -0.39 is 0 Å². The van der Waals surface area contributed by atoms with Crippen molar-refractivity contribution in [1.82, 2.24) is 0 Å².